The third-order valence-electron chi connectivity index (χ3n) is 3.50. The lowest BCUT2D eigenvalue weighted by Gasteiger charge is -2.12. The average molecular weight is 393 g/mol. The minimum atomic E-state index is -4.12. The Hall–Kier alpha value is -3.14. The van der Waals surface area contributed by atoms with Gasteiger partial charge in [0.2, 0.25) is 0 Å². The van der Waals surface area contributed by atoms with Gasteiger partial charge in [0.25, 0.3) is 21.6 Å². The molecule has 0 fully saturated rings. The van der Waals surface area contributed by atoms with Crippen LogP contribution in [0.4, 0.5) is 11.4 Å². The molecule has 0 heterocycles. The van der Waals surface area contributed by atoms with Crippen LogP contribution in [-0.2, 0) is 10.0 Å². The lowest BCUT2D eigenvalue weighted by Crippen LogP contribution is -2.27. The fourth-order valence-electron chi connectivity index (χ4n) is 2.15. The molecule has 0 aliphatic carbocycles. The van der Waals surface area contributed by atoms with Crippen molar-refractivity contribution in [2.75, 3.05) is 11.3 Å². The number of anilines is 1. The lowest BCUT2D eigenvalue weighted by molar-refractivity contribution is -0.385. The molecule has 0 saturated carbocycles. The van der Waals surface area contributed by atoms with Gasteiger partial charge in [0, 0.05) is 24.4 Å². The van der Waals surface area contributed by atoms with E-state index in [0.717, 1.165) is 6.07 Å². The molecule has 144 valence electrons. The van der Waals surface area contributed by atoms with Crippen LogP contribution in [0.3, 0.4) is 0 Å². The zero-order chi connectivity index (χ0) is 20.2. The van der Waals surface area contributed by atoms with Crippen LogP contribution in [0.25, 0.3) is 0 Å². The van der Waals surface area contributed by atoms with Crippen molar-refractivity contribution >= 4 is 27.3 Å². The number of hydrogen-bond donors (Lipinski definition) is 3. The molecule has 0 unspecified atom stereocenters. The zero-order valence-corrected chi connectivity index (χ0v) is 15.5. The van der Waals surface area contributed by atoms with E-state index in [9.17, 15) is 28.4 Å². The third kappa shape index (κ3) is 5.17. The number of amides is 1. The molecule has 0 aliphatic rings. The van der Waals surface area contributed by atoms with E-state index in [1.54, 1.807) is 0 Å². The fraction of sp³-hybridized carbons (Fsp3) is 0.235. The number of carbonyl (C=O) groups excluding carboxylic acids is 1. The first-order valence-corrected chi connectivity index (χ1v) is 9.47. The van der Waals surface area contributed by atoms with Crippen LogP contribution >= 0.6 is 0 Å². The van der Waals surface area contributed by atoms with E-state index in [0.29, 0.717) is 6.54 Å². The summed E-state index contributed by atoms with van der Waals surface area (Å²) in [6.45, 7) is 4.20. The van der Waals surface area contributed by atoms with Gasteiger partial charge in [0.15, 0.2) is 0 Å². The smallest absolute Gasteiger partial charge is 0.270 e. The molecule has 0 atom stereocenters. The first-order chi connectivity index (χ1) is 12.6. The SMILES string of the molecule is CC(C)CNC(=O)c1cc(NS(=O)(=O)c2cccc([N+](=O)[O-])c2)ccc1O. The molecule has 27 heavy (non-hydrogen) atoms. The molecule has 2 aromatic carbocycles. The van der Waals surface area contributed by atoms with E-state index in [2.05, 4.69) is 10.0 Å². The van der Waals surface area contributed by atoms with Crippen molar-refractivity contribution in [2.45, 2.75) is 18.7 Å². The number of rotatable bonds is 7. The van der Waals surface area contributed by atoms with Gasteiger partial charge < -0.3 is 10.4 Å². The van der Waals surface area contributed by atoms with E-state index in [1.807, 2.05) is 13.8 Å². The van der Waals surface area contributed by atoms with Gasteiger partial charge in [0.1, 0.15) is 5.75 Å². The van der Waals surface area contributed by atoms with Crippen LogP contribution in [0, 0.1) is 16.0 Å². The second-order valence-corrected chi connectivity index (χ2v) is 7.88. The molecular weight excluding hydrogens is 374 g/mol. The van der Waals surface area contributed by atoms with Gasteiger partial charge in [-0.2, -0.15) is 0 Å². The number of nitrogens with zero attached hydrogens (tertiary/aromatic N) is 1. The molecule has 1 amide bonds. The van der Waals surface area contributed by atoms with E-state index in [4.69, 9.17) is 0 Å². The topological polar surface area (TPSA) is 139 Å². The summed E-state index contributed by atoms with van der Waals surface area (Å²) in [6.07, 6.45) is 0. The molecule has 0 bridgehead atoms. The van der Waals surface area contributed by atoms with E-state index >= 15 is 0 Å². The fourth-order valence-corrected chi connectivity index (χ4v) is 3.24. The second kappa shape index (κ2) is 8.04. The number of carbonyl (C=O) groups is 1. The number of nitro groups is 1. The largest absolute Gasteiger partial charge is 0.507 e. The molecule has 2 aromatic rings. The summed E-state index contributed by atoms with van der Waals surface area (Å²) >= 11 is 0. The first kappa shape index (κ1) is 20.2. The highest BCUT2D eigenvalue weighted by Crippen LogP contribution is 2.25. The molecule has 0 aliphatic heterocycles. The van der Waals surface area contributed by atoms with Crippen molar-refractivity contribution < 1.29 is 23.2 Å². The Morgan fingerprint density at radius 2 is 1.93 bits per heavy atom. The van der Waals surface area contributed by atoms with Crippen molar-refractivity contribution in [2.24, 2.45) is 5.92 Å². The Bertz CT molecular complexity index is 972. The van der Waals surface area contributed by atoms with Gasteiger partial charge in [-0.3, -0.25) is 19.6 Å². The predicted octanol–water partition coefficient (Wildman–Crippen LogP) is 2.49. The van der Waals surface area contributed by atoms with Crippen LogP contribution in [0.1, 0.15) is 24.2 Å². The Kier molecular flexibility index (Phi) is 6.01. The number of sulfonamides is 1. The zero-order valence-electron chi connectivity index (χ0n) is 14.7. The van der Waals surface area contributed by atoms with Crippen molar-refractivity contribution in [3.05, 3.63) is 58.1 Å². The van der Waals surface area contributed by atoms with Crippen molar-refractivity contribution in [1.82, 2.24) is 5.32 Å². The highest BCUT2D eigenvalue weighted by molar-refractivity contribution is 7.92. The molecule has 0 saturated heterocycles. The molecule has 0 spiro atoms. The monoisotopic (exact) mass is 393 g/mol. The summed E-state index contributed by atoms with van der Waals surface area (Å²) in [5.74, 6) is -0.640. The molecular formula is C17H19N3O6S. The highest BCUT2D eigenvalue weighted by Gasteiger charge is 2.19. The van der Waals surface area contributed by atoms with Gasteiger partial charge in [-0.25, -0.2) is 8.42 Å². The van der Waals surface area contributed by atoms with Crippen molar-refractivity contribution in [1.29, 1.82) is 0 Å². The predicted molar refractivity (Wildman–Crippen MR) is 99.2 cm³/mol. The number of benzene rings is 2. The van der Waals surface area contributed by atoms with Gasteiger partial charge in [-0.15, -0.1) is 0 Å². The van der Waals surface area contributed by atoms with Gasteiger partial charge >= 0.3 is 0 Å². The van der Waals surface area contributed by atoms with Crippen LogP contribution < -0.4 is 10.0 Å². The Morgan fingerprint density at radius 1 is 1.22 bits per heavy atom. The Labute approximate surface area is 156 Å². The maximum atomic E-state index is 12.5. The van der Waals surface area contributed by atoms with E-state index in [-0.39, 0.29) is 33.5 Å². The average Bonchev–Trinajstić information content (AvgIpc) is 2.61. The van der Waals surface area contributed by atoms with Crippen LogP contribution in [0.15, 0.2) is 47.4 Å². The van der Waals surface area contributed by atoms with Gasteiger partial charge in [-0.05, 0) is 30.2 Å². The number of hydrogen-bond acceptors (Lipinski definition) is 6. The molecule has 10 heteroatoms. The summed E-state index contributed by atoms with van der Waals surface area (Å²) in [7, 11) is -4.12. The quantitative estimate of drug-likeness (QED) is 0.375. The lowest BCUT2D eigenvalue weighted by atomic mass is 10.1. The maximum Gasteiger partial charge on any atom is 0.270 e. The maximum absolute atomic E-state index is 12.5. The van der Waals surface area contributed by atoms with Crippen LogP contribution in [-0.4, -0.2) is 30.9 Å². The highest BCUT2D eigenvalue weighted by atomic mass is 32.2. The number of nitrogens with one attached hydrogen (secondary N) is 2. The van der Waals surface area contributed by atoms with Crippen LogP contribution in [0.5, 0.6) is 5.75 Å². The van der Waals surface area contributed by atoms with Gasteiger partial charge in [0.05, 0.1) is 15.4 Å². The Balaban J connectivity index is 2.29. The molecule has 0 radical (unpaired) electrons. The molecule has 0 aromatic heterocycles. The second-order valence-electron chi connectivity index (χ2n) is 6.20. The summed E-state index contributed by atoms with van der Waals surface area (Å²) in [4.78, 5) is 22.0. The molecule has 3 N–H and O–H groups in total. The molecule has 2 rings (SSSR count). The Morgan fingerprint density at radius 3 is 2.56 bits per heavy atom. The summed E-state index contributed by atoms with van der Waals surface area (Å²) in [5.41, 5.74) is -0.416. The minimum absolute atomic E-state index is 0.0361. The first-order valence-electron chi connectivity index (χ1n) is 7.98. The number of nitro benzene ring substituents is 1. The molecule has 9 nitrogen and oxygen atoms in total. The van der Waals surface area contributed by atoms with E-state index < -0.39 is 20.9 Å². The van der Waals surface area contributed by atoms with Crippen molar-refractivity contribution in [3.8, 4) is 5.75 Å². The third-order valence-corrected chi connectivity index (χ3v) is 4.88. The summed E-state index contributed by atoms with van der Waals surface area (Å²) < 4.78 is 27.2. The van der Waals surface area contributed by atoms with Crippen molar-refractivity contribution in [3.63, 3.8) is 0 Å². The standard InChI is InChI=1S/C17H19N3O6S/c1-11(2)10-18-17(22)15-8-12(6-7-16(15)21)19-27(25,26)14-5-3-4-13(9-14)20(23)24/h3-9,11,19,21H,10H2,1-2H3,(H,18,22). The minimum Gasteiger partial charge on any atom is -0.507 e. The van der Waals surface area contributed by atoms with E-state index in [1.165, 1.54) is 36.4 Å². The summed E-state index contributed by atoms with van der Waals surface area (Å²) in [5, 5.41) is 23.3. The number of aromatic hydroxyl groups is 1. The number of phenolic OH excluding ortho intramolecular Hbond substituents is 1. The number of non-ortho nitro benzene ring substituents is 1. The normalized spacial score (nSPS) is 11.2. The van der Waals surface area contributed by atoms with Crippen LogP contribution in [0.2, 0.25) is 0 Å². The summed E-state index contributed by atoms with van der Waals surface area (Å²) in [6, 6.07) is 8.25. The number of phenols is 1. The van der Waals surface area contributed by atoms with Gasteiger partial charge in [-0.1, -0.05) is 19.9 Å².